The number of ether oxygens (including phenoxy) is 2. The molecule has 190 valence electrons. The van der Waals surface area contributed by atoms with Crippen molar-refractivity contribution in [1.29, 1.82) is 0 Å². The Bertz CT molecular complexity index is 1580. The molecule has 0 amide bonds. The van der Waals surface area contributed by atoms with Crippen LogP contribution in [0.25, 0.3) is 32.9 Å². The number of rotatable bonds is 7. The highest BCUT2D eigenvalue weighted by Crippen LogP contribution is 2.43. The fourth-order valence-electron chi connectivity index (χ4n) is 5.12. The Kier molecular flexibility index (Phi) is 7.21. The average Bonchev–Trinajstić information content (AvgIpc) is 3.18. The maximum Gasteiger partial charge on any atom is 0.339 e. The molecule has 0 fully saturated rings. The maximum absolute atomic E-state index is 13.3. The standard InChI is InChI=1S/C31H31NO5/c1-7-37-31(35)28(26(18(2)3)30(33)34)19(4)27-20(5)32(21-13-9-8-10-14-21)29-23-16-12-11-15-22(23)25(36-6)17-24(27)29/h8-17H,7H2,1-6H3,(H,33,34). The molecule has 1 heterocycles. The van der Waals surface area contributed by atoms with Gasteiger partial charge in [0.05, 0.1) is 30.4 Å². The van der Waals surface area contributed by atoms with Crippen molar-refractivity contribution in [2.24, 2.45) is 0 Å². The van der Waals surface area contributed by atoms with Gasteiger partial charge in [0.2, 0.25) is 0 Å². The van der Waals surface area contributed by atoms with Crippen LogP contribution in [-0.2, 0) is 14.3 Å². The summed E-state index contributed by atoms with van der Waals surface area (Å²) >= 11 is 0. The van der Waals surface area contributed by atoms with Gasteiger partial charge < -0.3 is 19.1 Å². The van der Waals surface area contributed by atoms with Gasteiger partial charge in [-0.2, -0.15) is 0 Å². The molecule has 0 spiro atoms. The summed E-state index contributed by atoms with van der Waals surface area (Å²) in [6.45, 7) is 8.99. The summed E-state index contributed by atoms with van der Waals surface area (Å²) in [5, 5.41) is 12.9. The minimum Gasteiger partial charge on any atom is -0.496 e. The SMILES string of the molecule is CCOC(=O)C(C(C(=O)O)=C(C)C)=C(C)c1c(C)n(-c2ccccc2)c2c1cc(OC)c1ccccc12. The summed E-state index contributed by atoms with van der Waals surface area (Å²) in [5.74, 6) is -1.14. The Labute approximate surface area is 216 Å². The number of aromatic nitrogens is 1. The third-order valence-corrected chi connectivity index (χ3v) is 6.60. The predicted octanol–water partition coefficient (Wildman–Crippen LogP) is 6.86. The van der Waals surface area contributed by atoms with Crippen molar-refractivity contribution in [3.8, 4) is 11.4 Å². The van der Waals surface area contributed by atoms with E-state index in [1.165, 1.54) is 0 Å². The molecule has 6 nitrogen and oxygen atoms in total. The first kappa shape index (κ1) is 25.8. The number of allylic oxidation sites excluding steroid dienone is 2. The normalized spacial score (nSPS) is 11.8. The molecule has 0 unspecified atom stereocenters. The van der Waals surface area contributed by atoms with Crippen LogP contribution < -0.4 is 4.74 Å². The number of aliphatic carboxylic acids is 1. The number of benzene rings is 3. The minimum absolute atomic E-state index is 0.0521. The quantitative estimate of drug-likeness (QED) is 0.171. The molecule has 3 aromatic carbocycles. The Balaban J connectivity index is 2.26. The van der Waals surface area contributed by atoms with E-state index in [1.54, 1.807) is 34.8 Å². The van der Waals surface area contributed by atoms with E-state index in [-0.39, 0.29) is 17.8 Å². The zero-order valence-electron chi connectivity index (χ0n) is 22.0. The Morgan fingerprint density at radius 1 is 0.892 bits per heavy atom. The van der Waals surface area contributed by atoms with Crippen LogP contribution in [0.3, 0.4) is 0 Å². The number of para-hydroxylation sites is 1. The van der Waals surface area contributed by atoms with E-state index in [4.69, 9.17) is 9.47 Å². The summed E-state index contributed by atoms with van der Waals surface area (Å²) < 4.78 is 13.3. The van der Waals surface area contributed by atoms with Gasteiger partial charge in [-0.15, -0.1) is 0 Å². The monoisotopic (exact) mass is 497 g/mol. The van der Waals surface area contributed by atoms with E-state index < -0.39 is 11.9 Å². The number of methoxy groups -OCH3 is 1. The van der Waals surface area contributed by atoms with Crippen LogP contribution in [-0.4, -0.2) is 35.3 Å². The van der Waals surface area contributed by atoms with Gasteiger partial charge in [0.25, 0.3) is 0 Å². The van der Waals surface area contributed by atoms with Crippen molar-refractivity contribution in [2.45, 2.75) is 34.6 Å². The van der Waals surface area contributed by atoms with Crippen molar-refractivity contribution in [3.05, 3.63) is 88.6 Å². The number of fused-ring (bicyclic) bond motifs is 3. The molecule has 0 aliphatic rings. The van der Waals surface area contributed by atoms with Gasteiger partial charge in [-0.05, 0) is 58.4 Å². The molecule has 0 radical (unpaired) electrons. The molecule has 4 aromatic rings. The summed E-state index contributed by atoms with van der Waals surface area (Å²) in [5.41, 5.74) is 4.60. The van der Waals surface area contributed by atoms with E-state index in [1.807, 2.05) is 67.6 Å². The molecule has 37 heavy (non-hydrogen) atoms. The van der Waals surface area contributed by atoms with Crippen LogP contribution in [0.2, 0.25) is 0 Å². The maximum atomic E-state index is 13.3. The molecule has 0 bridgehead atoms. The second-order valence-corrected chi connectivity index (χ2v) is 9.05. The molecule has 1 N–H and O–H groups in total. The van der Waals surface area contributed by atoms with Crippen molar-refractivity contribution in [2.75, 3.05) is 13.7 Å². The van der Waals surface area contributed by atoms with Gasteiger partial charge in [0.1, 0.15) is 5.75 Å². The van der Waals surface area contributed by atoms with Crippen molar-refractivity contribution >= 4 is 39.2 Å². The van der Waals surface area contributed by atoms with Gasteiger partial charge in [-0.1, -0.05) is 48.0 Å². The first-order chi connectivity index (χ1) is 17.7. The van der Waals surface area contributed by atoms with Crippen molar-refractivity contribution in [1.82, 2.24) is 4.57 Å². The molecule has 0 atom stereocenters. The van der Waals surface area contributed by atoms with E-state index in [9.17, 15) is 14.7 Å². The first-order valence-electron chi connectivity index (χ1n) is 12.2. The molecule has 0 aliphatic carbocycles. The molecule has 6 heteroatoms. The summed E-state index contributed by atoms with van der Waals surface area (Å²) in [4.78, 5) is 25.6. The summed E-state index contributed by atoms with van der Waals surface area (Å²) in [6, 6.07) is 20.0. The highest BCUT2D eigenvalue weighted by atomic mass is 16.5. The van der Waals surface area contributed by atoms with E-state index in [2.05, 4.69) is 4.57 Å². The molecular formula is C31H31NO5. The number of hydrogen-bond donors (Lipinski definition) is 1. The van der Waals surface area contributed by atoms with Gasteiger partial charge in [-0.3, -0.25) is 0 Å². The molecule has 0 saturated carbocycles. The Morgan fingerprint density at radius 3 is 2.08 bits per heavy atom. The zero-order chi connectivity index (χ0) is 26.9. The zero-order valence-corrected chi connectivity index (χ0v) is 22.0. The Morgan fingerprint density at radius 2 is 1.51 bits per heavy atom. The van der Waals surface area contributed by atoms with Gasteiger partial charge in [0.15, 0.2) is 0 Å². The van der Waals surface area contributed by atoms with Crippen molar-refractivity contribution < 1.29 is 24.2 Å². The lowest BCUT2D eigenvalue weighted by Crippen LogP contribution is -2.17. The number of carboxylic acid groups (broad SMARTS) is 1. The smallest absolute Gasteiger partial charge is 0.339 e. The second kappa shape index (κ2) is 10.3. The number of carbonyl (C=O) groups is 2. The number of esters is 1. The van der Waals surface area contributed by atoms with Crippen LogP contribution >= 0.6 is 0 Å². The van der Waals surface area contributed by atoms with Gasteiger partial charge in [-0.25, -0.2) is 9.59 Å². The van der Waals surface area contributed by atoms with Crippen LogP contribution in [0.15, 0.2) is 77.4 Å². The molecule has 4 rings (SSSR count). The van der Waals surface area contributed by atoms with Gasteiger partial charge >= 0.3 is 11.9 Å². The lowest BCUT2D eigenvalue weighted by atomic mass is 9.91. The molecular weight excluding hydrogens is 466 g/mol. The largest absolute Gasteiger partial charge is 0.496 e. The summed E-state index contributed by atoms with van der Waals surface area (Å²) in [6.07, 6.45) is 0. The second-order valence-electron chi connectivity index (χ2n) is 9.05. The lowest BCUT2D eigenvalue weighted by Gasteiger charge is -2.15. The molecule has 0 saturated heterocycles. The van der Waals surface area contributed by atoms with Crippen molar-refractivity contribution in [3.63, 3.8) is 0 Å². The highest BCUT2D eigenvalue weighted by Gasteiger charge is 2.29. The highest BCUT2D eigenvalue weighted by molar-refractivity contribution is 6.17. The van der Waals surface area contributed by atoms with E-state index in [0.29, 0.717) is 16.9 Å². The first-order valence-corrected chi connectivity index (χ1v) is 12.2. The molecule has 0 aliphatic heterocycles. The number of hydrogen-bond acceptors (Lipinski definition) is 4. The van der Waals surface area contributed by atoms with E-state index >= 15 is 0 Å². The lowest BCUT2D eigenvalue weighted by molar-refractivity contribution is -0.140. The molecule has 1 aromatic heterocycles. The topological polar surface area (TPSA) is 77.8 Å². The van der Waals surface area contributed by atoms with Crippen LogP contribution in [0.5, 0.6) is 5.75 Å². The number of nitrogens with zero attached hydrogens (tertiary/aromatic N) is 1. The number of carbonyl (C=O) groups excluding carboxylic acids is 1. The van der Waals surface area contributed by atoms with Crippen LogP contribution in [0.4, 0.5) is 0 Å². The van der Waals surface area contributed by atoms with Crippen LogP contribution in [0, 0.1) is 6.92 Å². The summed E-state index contributed by atoms with van der Waals surface area (Å²) in [7, 11) is 1.63. The fraction of sp³-hybridized carbons (Fsp3) is 0.226. The minimum atomic E-state index is -1.17. The predicted molar refractivity (Wildman–Crippen MR) is 147 cm³/mol. The fourth-order valence-corrected chi connectivity index (χ4v) is 5.12. The average molecular weight is 498 g/mol. The Hall–Kier alpha value is -4.32. The van der Waals surface area contributed by atoms with E-state index in [0.717, 1.165) is 38.6 Å². The third-order valence-electron chi connectivity index (χ3n) is 6.60. The van der Waals surface area contributed by atoms with Crippen LogP contribution in [0.1, 0.15) is 39.0 Å². The van der Waals surface area contributed by atoms with Gasteiger partial charge in [0, 0.05) is 33.1 Å². The number of carboxylic acids is 1. The third kappa shape index (κ3) is 4.40.